The number of halogens is 2. The zero-order valence-corrected chi connectivity index (χ0v) is 12.9. The highest BCUT2D eigenvalue weighted by molar-refractivity contribution is 6.32. The van der Waals surface area contributed by atoms with Crippen LogP contribution >= 0.6 is 23.2 Å². The van der Waals surface area contributed by atoms with E-state index in [-0.39, 0.29) is 5.91 Å². The molecule has 22 heavy (non-hydrogen) atoms. The maximum atomic E-state index is 12.4. The van der Waals surface area contributed by atoms with Gasteiger partial charge in [0, 0.05) is 16.1 Å². The molecular weight excluding hydrogens is 321 g/mol. The number of carbonyl (C=O) groups excluding carboxylic acids is 2. The van der Waals surface area contributed by atoms with E-state index >= 15 is 0 Å². The second kappa shape index (κ2) is 5.95. The molecule has 5 heteroatoms. The van der Waals surface area contributed by atoms with Gasteiger partial charge in [0.1, 0.15) is 0 Å². The van der Waals surface area contributed by atoms with Crippen molar-refractivity contribution in [2.75, 3.05) is 0 Å². The SMILES string of the molecule is O=C1C=C(c2ccc(Cl)cc2)C(c2ccccc2Cl)C(=O)N1. The molecule has 0 spiro atoms. The van der Waals surface area contributed by atoms with Crippen molar-refractivity contribution in [1.29, 1.82) is 0 Å². The Hall–Kier alpha value is -2.10. The van der Waals surface area contributed by atoms with E-state index < -0.39 is 11.8 Å². The fraction of sp³-hybridized carbons (Fsp3) is 0.0588. The first-order chi connectivity index (χ1) is 10.6. The van der Waals surface area contributed by atoms with Gasteiger partial charge < -0.3 is 0 Å². The molecule has 0 fully saturated rings. The van der Waals surface area contributed by atoms with Crippen molar-refractivity contribution in [3.05, 3.63) is 75.8 Å². The summed E-state index contributed by atoms with van der Waals surface area (Å²) in [4.78, 5) is 24.1. The molecule has 0 saturated heterocycles. The van der Waals surface area contributed by atoms with E-state index in [1.54, 1.807) is 42.5 Å². The van der Waals surface area contributed by atoms with Gasteiger partial charge in [0.05, 0.1) is 5.92 Å². The molecule has 2 aromatic rings. The number of hydrogen-bond donors (Lipinski definition) is 1. The highest BCUT2D eigenvalue weighted by Gasteiger charge is 2.32. The summed E-state index contributed by atoms with van der Waals surface area (Å²) in [7, 11) is 0. The molecule has 3 nitrogen and oxygen atoms in total. The van der Waals surface area contributed by atoms with Crippen molar-refractivity contribution in [2.45, 2.75) is 5.92 Å². The highest BCUT2D eigenvalue weighted by Crippen LogP contribution is 2.37. The number of amides is 2. The summed E-state index contributed by atoms with van der Waals surface area (Å²) in [5.74, 6) is -1.45. The van der Waals surface area contributed by atoms with Gasteiger partial charge in [-0.1, -0.05) is 53.5 Å². The average molecular weight is 332 g/mol. The van der Waals surface area contributed by atoms with Crippen LogP contribution in [0.15, 0.2) is 54.6 Å². The van der Waals surface area contributed by atoms with E-state index in [4.69, 9.17) is 23.2 Å². The lowest BCUT2D eigenvalue weighted by atomic mass is 9.84. The molecule has 0 bridgehead atoms. The zero-order chi connectivity index (χ0) is 15.7. The zero-order valence-electron chi connectivity index (χ0n) is 11.3. The Balaban J connectivity index is 2.15. The van der Waals surface area contributed by atoms with Gasteiger partial charge >= 0.3 is 0 Å². The van der Waals surface area contributed by atoms with E-state index in [9.17, 15) is 9.59 Å². The summed E-state index contributed by atoms with van der Waals surface area (Å²) in [6.07, 6.45) is 1.43. The highest BCUT2D eigenvalue weighted by atomic mass is 35.5. The number of nitrogens with one attached hydrogen (secondary N) is 1. The van der Waals surface area contributed by atoms with Crippen LogP contribution in [0.4, 0.5) is 0 Å². The Labute approximate surface area is 137 Å². The van der Waals surface area contributed by atoms with E-state index in [0.29, 0.717) is 21.2 Å². The third-order valence-corrected chi connectivity index (χ3v) is 4.10. The topological polar surface area (TPSA) is 46.2 Å². The molecule has 1 aliphatic heterocycles. The fourth-order valence-electron chi connectivity index (χ4n) is 2.51. The quantitative estimate of drug-likeness (QED) is 0.850. The molecule has 1 atom stereocenters. The first-order valence-electron chi connectivity index (χ1n) is 6.63. The number of carbonyl (C=O) groups is 2. The van der Waals surface area contributed by atoms with E-state index in [0.717, 1.165) is 5.56 Å². The Bertz CT molecular complexity index is 782. The molecule has 2 amide bonds. The molecule has 0 aromatic heterocycles. The first-order valence-corrected chi connectivity index (χ1v) is 7.38. The van der Waals surface area contributed by atoms with Crippen LogP contribution < -0.4 is 5.32 Å². The van der Waals surface area contributed by atoms with Crippen LogP contribution in [0.5, 0.6) is 0 Å². The lowest BCUT2D eigenvalue weighted by Gasteiger charge is -2.24. The lowest BCUT2D eigenvalue weighted by molar-refractivity contribution is -0.128. The van der Waals surface area contributed by atoms with Gasteiger partial charge in [-0.15, -0.1) is 0 Å². The van der Waals surface area contributed by atoms with E-state index in [1.807, 2.05) is 6.07 Å². The summed E-state index contributed by atoms with van der Waals surface area (Å²) in [5, 5.41) is 3.40. The van der Waals surface area contributed by atoms with Gasteiger partial charge in [-0.25, -0.2) is 0 Å². The van der Waals surface area contributed by atoms with Crippen LogP contribution in [0.25, 0.3) is 5.57 Å². The van der Waals surface area contributed by atoms with Crippen molar-refractivity contribution < 1.29 is 9.59 Å². The standard InChI is InChI=1S/C17H11Cl2NO2/c18-11-7-5-10(6-8-11)13-9-15(21)20-17(22)16(13)12-3-1-2-4-14(12)19/h1-9,16H,(H,20,21,22). The largest absolute Gasteiger partial charge is 0.292 e. The molecule has 3 rings (SSSR count). The maximum Gasteiger partial charge on any atom is 0.250 e. The second-order valence-electron chi connectivity index (χ2n) is 4.91. The Morgan fingerprint density at radius 2 is 1.59 bits per heavy atom. The van der Waals surface area contributed by atoms with Gasteiger partial charge in [-0.3, -0.25) is 14.9 Å². The van der Waals surface area contributed by atoms with Crippen molar-refractivity contribution in [1.82, 2.24) is 5.32 Å². The summed E-state index contributed by atoms with van der Waals surface area (Å²) >= 11 is 12.1. The summed E-state index contributed by atoms with van der Waals surface area (Å²) in [5.41, 5.74) is 2.03. The van der Waals surface area contributed by atoms with Crippen molar-refractivity contribution in [3.63, 3.8) is 0 Å². The monoisotopic (exact) mass is 331 g/mol. The Morgan fingerprint density at radius 1 is 0.909 bits per heavy atom. The van der Waals surface area contributed by atoms with Crippen molar-refractivity contribution in [2.24, 2.45) is 0 Å². The van der Waals surface area contributed by atoms with Crippen molar-refractivity contribution >= 4 is 40.6 Å². The Morgan fingerprint density at radius 3 is 2.27 bits per heavy atom. The van der Waals surface area contributed by atoms with Gasteiger partial charge in [0.25, 0.3) is 5.91 Å². The van der Waals surface area contributed by atoms with Gasteiger partial charge in [0.15, 0.2) is 0 Å². The molecule has 1 unspecified atom stereocenters. The third-order valence-electron chi connectivity index (χ3n) is 3.50. The van der Waals surface area contributed by atoms with Gasteiger partial charge in [0.2, 0.25) is 5.91 Å². The molecule has 1 heterocycles. The molecule has 0 radical (unpaired) electrons. The average Bonchev–Trinajstić information content (AvgIpc) is 2.48. The normalized spacial score (nSPS) is 17.9. The third kappa shape index (κ3) is 2.78. The number of imide groups is 1. The van der Waals surface area contributed by atoms with Crippen LogP contribution in [-0.2, 0) is 9.59 Å². The van der Waals surface area contributed by atoms with Crippen LogP contribution in [0.2, 0.25) is 10.0 Å². The molecule has 1 aliphatic rings. The minimum absolute atomic E-state index is 0.384. The lowest BCUT2D eigenvalue weighted by Crippen LogP contribution is -2.38. The predicted molar refractivity (Wildman–Crippen MR) is 86.8 cm³/mol. The smallest absolute Gasteiger partial charge is 0.250 e. The second-order valence-corrected chi connectivity index (χ2v) is 5.76. The van der Waals surface area contributed by atoms with Crippen LogP contribution in [0, 0.1) is 0 Å². The van der Waals surface area contributed by atoms with Gasteiger partial charge in [-0.2, -0.15) is 0 Å². The van der Waals surface area contributed by atoms with Crippen molar-refractivity contribution in [3.8, 4) is 0 Å². The molecule has 0 aliphatic carbocycles. The molecule has 2 aromatic carbocycles. The van der Waals surface area contributed by atoms with Crippen LogP contribution in [0.1, 0.15) is 17.0 Å². The van der Waals surface area contributed by atoms with Crippen LogP contribution in [0.3, 0.4) is 0 Å². The number of benzene rings is 2. The number of rotatable bonds is 2. The van der Waals surface area contributed by atoms with Crippen LogP contribution in [-0.4, -0.2) is 11.8 Å². The fourth-order valence-corrected chi connectivity index (χ4v) is 2.88. The summed E-state index contributed by atoms with van der Waals surface area (Å²) < 4.78 is 0. The molecule has 0 saturated carbocycles. The molecular formula is C17H11Cl2NO2. The van der Waals surface area contributed by atoms with Gasteiger partial charge in [-0.05, 0) is 34.9 Å². The minimum atomic E-state index is -0.632. The predicted octanol–water partition coefficient (Wildman–Crippen LogP) is 3.82. The van der Waals surface area contributed by atoms with E-state index in [1.165, 1.54) is 6.08 Å². The molecule has 1 N–H and O–H groups in total. The maximum absolute atomic E-state index is 12.4. The summed E-state index contributed by atoms with van der Waals surface area (Å²) in [6.45, 7) is 0. The first kappa shape index (κ1) is 14.8. The Kier molecular flexibility index (Phi) is 4.01. The summed E-state index contributed by atoms with van der Waals surface area (Å²) in [6, 6.07) is 14.1. The minimum Gasteiger partial charge on any atom is -0.292 e. The van der Waals surface area contributed by atoms with E-state index in [2.05, 4.69) is 5.32 Å². The number of hydrogen-bond acceptors (Lipinski definition) is 2. The molecule has 110 valence electrons.